The van der Waals surface area contributed by atoms with E-state index in [4.69, 9.17) is 0 Å². The summed E-state index contributed by atoms with van der Waals surface area (Å²) >= 11 is 0. The number of hydrogen-bond acceptors (Lipinski definition) is 3. The van der Waals surface area contributed by atoms with Gasteiger partial charge in [0.1, 0.15) is 0 Å². The van der Waals surface area contributed by atoms with Crippen molar-refractivity contribution in [3.63, 3.8) is 0 Å². The SMILES string of the molecule is Cc1ccc(CNS(=O)(=O)c2ccc(-c3ccncc3)cc2)cc1. The minimum Gasteiger partial charge on any atom is -0.265 e. The van der Waals surface area contributed by atoms with Crippen LogP contribution in [-0.2, 0) is 16.6 Å². The average molecular weight is 338 g/mol. The van der Waals surface area contributed by atoms with Crippen LogP contribution in [0.3, 0.4) is 0 Å². The molecule has 0 amide bonds. The molecule has 0 aliphatic heterocycles. The summed E-state index contributed by atoms with van der Waals surface area (Å²) in [7, 11) is -3.53. The van der Waals surface area contributed by atoms with Crippen molar-refractivity contribution in [3.05, 3.63) is 84.2 Å². The van der Waals surface area contributed by atoms with Crippen molar-refractivity contribution < 1.29 is 8.42 Å². The van der Waals surface area contributed by atoms with Crippen molar-refractivity contribution in [2.75, 3.05) is 0 Å². The summed E-state index contributed by atoms with van der Waals surface area (Å²) in [5.74, 6) is 0. The second kappa shape index (κ2) is 6.95. The Labute approximate surface area is 142 Å². The van der Waals surface area contributed by atoms with Crippen LogP contribution in [0.1, 0.15) is 11.1 Å². The average Bonchev–Trinajstić information content (AvgIpc) is 2.62. The predicted molar refractivity (Wildman–Crippen MR) is 94.9 cm³/mol. The summed E-state index contributed by atoms with van der Waals surface area (Å²) in [4.78, 5) is 4.24. The Hall–Kier alpha value is -2.50. The van der Waals surface area contributed by atoms with E-state index in [0.717, 1.165) is 22.3 Å². The van der Waals surface area contributed by atoms with Gasteiger partial charge in [0.2, 0.25) is 10.0 Å². The number of pyridine rings is 1. The molecular formula is C19H18N2O2S. The highest BCUT2D eigenvalue weighted by molar-refractivity contribution is 7.89. The van der Waals surface area contributed by atoms with E-state index in [1.54, 1.807) is 36.7 Å². The lowest BCUT2D eigenvalue weighted by Gasteiger charge is -2.08. The molecule has 0 spiro atoms. The molecule has 0 atom stereocenters. The van der Waals surface area contributed by atoms with E-state index >= 15 is 0 Å². The van der Waals surface area contributed by atoms with Crippen molar-refractivity contribution in [2.45, 2.75) is 18.4 Å². The number of aromatic nitrogens is 1. The highest BCUT2D eigenvalue weighted by Crippen LogP contribution is 2.20. The number of sulfonamides is 1. The first kappa shape index (κ1) is 16.4. The van der Waals surface area contributed by atoms with Gasteiger partial charge in [-0.25, -0.2) is 13.1 Å². The molecule has 24 heavy (non-hydrogen) atoms. The molecule has 3 aromatic rings. The topological polar surface area (TPSA) is 59.1 Å². The molecule has 1 heterocycles. The molecule has 1 aromatic heterocycles. The van der Waals surface area contributed by atoms with Crippen LogP contribution < -0.4 is 4.72 Å². The molecule has 122 valence electrons. The zero-order chi connectivity index (χ0) is 17.0. The van der Waals surface area contributed by atoms with E-state index in [2.05, 4.69) is 9.71 Å². The van der Waals surface area contributed by atoms with Crippen molar-refractivity contribution in [3.8, 4) is 11.1 Å². The monoisotopic (exact) mass is 338 g/mol. The number of rotatable bonds is 5. The van der Waals surface area contributed by atoms with Crippen LogP contribution >= 0.6 is 0 Å². The van der Waals surface area contributed by atoms with Crippen molar-refractivity contribution in [1.82, 2.24) is 9.71 Å². The maximum absolute atomic E-state index is 12.4. The molecule has 0 radical (unpaired) electrons. The summed E-state index contributed by atoms with van der Waals surface area (Å²) in [5, 5.41) is 0. The molecule has 3 rings (SSSR count). The molecule has 0 aliphatic rings. The first-order valence-corrected chi connectivity index (χ1v) is 9.09. The van der Waals surface area contributed by atoms with Gasteiger partial charge in [0.15, 0.2) is 0 Å². The van der Waals surface area contributed by atoms with Crippen molar-refractivity contribution in [1.29, 1.82) is 0 Å². The molecule has 5 heteroatoms. The molecule has 0 bridgehead atoms. The van der Waals surface area contributed by atoms with Crippen LogP contribution in [0.25, 0.3) is 11.1 Å². The number of benzene rings is 2. The van der Waals surface area contributed by atoms with E-state index in [1.807, 2.05) is 43.3 Å². The summed E-state index contributed by atoms with van der Waals surface area (Å²) in [6.45, 7) is 2.27. The van der Waals surface area contributed by atoms with Gasteiger partial charge in [-0.1, -0.05) is 42.0 Å². The lowest BCUT2D eigenvalue weighted by molar-refractivity contribution is 0.581. The highest BCUT2D eigenvalue weighted by atomic mass is 32.2. The number of aryl methyl sites for hydroxylation is 1. The van der Waals surface area contributed by atoms with Crippen LogP contribution in [0.4, 0.5) is 0 Å². The smallest absolute Gasteiger partial charge is 0.240 e. The van der Waals surface area contributed by atoms with Gasteiger partial charge in [0, 0.05) is 18.9 Å². The number of hydrogen-bond donors (Lipinski definition) is 1. The maximum atomic E-state index is 12.4. The van der Waals surface area contributed by atoms with Gasteiger partial charge in [0.05, 0.1) is 4.90 Å². The third-order valence-electron chi connectivity index (χ3n) is 3.77. The first-order chi connectivity index (χ1) is 11.5. The van der Waals surface area contributed by atoms with Crippen LogP contribution in [0.5, 0.6) is 0 Å². The maximum Gasteiger partial charge on any atom is 0.240 e. The van der Waals surface area contributed by atoms with Gasteiger partial charge < -0.3 is 0 Å². The summed E-state index contributed by atoms with van der Waals surface area (Å²) in [6.07, 6.45) is 3.42. The fourth-order valence-electron chi connectivity index (χ4n) is 2.34. The minimum absolute atomic E-state index is 0.257. The van der Waals surface area contributed by atoms with E-state index in [9.17, 15) is 8.42 Å². The van der Waals surface area contributed by atoms with Crippen molar-refractivity contribution >= 4 is 10.0 Å². The predicted octanol–water partition coefficient (Wildman–Crippen LogP) is 3.54. The fraction of sp³-hybridized carbons (Fsp3) is 0.105. The van der Waals surface area contributed by atoms with Crippen LogP contribution in [0, 0.1) is 6.92 Å². The molecular weight excluding hydrogens is 320 g/mol. The minimum atomic E-state index is -3.53. The molecule has 2 aromatic carbocycles. The van der Waals surface area contributed by atoms with Gasteiger partial charge in [-0.05, 0) is 47.9 Å². The van der Waals surface area contributed by atoms with Crippen LogP contribution in [0.2, 0.25) is 0 Å². The lowest BCUT2D eigenvalue weighted by Crippen LogP contribution is -2.23. The summed E-state index contributed by atoms with van der Waals surface area (Å²) < 4.78 is 27.4. The standard InChI is InChI=1S/C19H18N2O2S/c1-15-2-4-16(5-3-15)14-21-24(22,23)19-8-6-17(7-9-19)18-10-12-20-13-11-18/h2-13,21H,14H2,1H3. The van der Waals surface area contributed by atoms with Crippen LogP contribution in [-0.4, -0.2) is 13.4 Å². The quantitative estimate of drug-likeness (QED) is 0.774. The largest absolute Gasteiger partial charge is 0.265 e. The van der Waals surface area contributed by atoms with Crippen molar-refractivity contribution in [2.24, 2.45) is 0 Å². The second-order valence-electron chi connectivity index (χ2n) is 5.57. The molecule has 4 nitrogen and oxygen atoms in total. The fourth-order valence-corrected chi connectivity index (χ4v) is 3.36. The number of nitrogens with zero attached hydrogens (tertiary/aromatic N) is 1. The third kappa shape index (κ3) is 3.88. The Morgan fingerprint density at radius 1 is 0.833 bits per heavy atom. The van der Waals surface area contributed by atoms with Crippen LogP contribution in [0.15, 0.2) is 78.0 Å². The van der Waals surface area contributed by atoms with E-state index < -0.39 is 10.0 Å². The zero-order valence-corrected chi connectivity index (χ0v) is 14.1. The third-order valence-corrected chi connectivity index (χ3v) is 5.18. The molecule has 0 saturated carbocycles. The number of nitrogens with one attached hydrogen (secondary N) is 1. The first-order valence-electron chi connectivity index (χ1n) is 7.60. The lowest BCUT2D eigenvalue weighted by atomic mass is 10.1. The summed E-state index contributed by atoms with van der Waals surface area (Å²) in [6, 6.07) is 18.4. The Kier molecular flexibility index (Phi) is 4.74. The van der Waals surface area contributed by atoms with Gasteiger partial charge in [0.25, 0.3) is 0 Å². The zero-order valence-electron chi connectivity index (χ0n) is 13.3. The molecule has 0 aliphatic carbocycles. The van der Waals surface area contributed by atoms with E-state index in [1.165, 1.54) is 0 Å². The molecule has 0 saturated heterocycles. The van der Waals surface area contributed by atoms with Gasteiger partial charge in [-0.3, -0.25) is 4.98 Å². The highest BCUT2D eigenvalue weighted by Gasteiger charge is 2.13. The van der Waals surface area contributed by atoms with E-state index in [0.29, 0.717) is 0 Å². The normalized spacial score (nSPS) is 11.4. The molecule has 0 fully saturated rings. The Balaban J connectivity index is 1.74. The Morgan fingerprint density at radius 3 is 2.04 bits per heavy atom. The second-order valence-corrected chi connectivity index (χ2v) is 7.34. The summed E-state index contributed by atoms with van der Waals surface area (Å²) in [5.41, 5.74) is 4.03. The Bertz CT molecular complexity index is 904. The van der Waals surface area contributed by atoms with Gasteiger partial charge >= 0.3 is 0 Å². The van der Waals surface area contributed by atoms with Gasteiger partial charge in [-0.2, -0.15) is 0 Å². The van der Waals surface area contributed by atoms with Gasteiger partial charge in [-0.15, -0.1) is 0 Å². The Morgan fingerprint density at radius 2 is 1.42 bits per heavy atom. The molecule has 0 unspecified atom stereocenters. The molecule has 1 N–H and O–H groups in total. The van der Waals surface area contributed by atoms with E-state index in [-0.39, 0.29) is 11.4 Å².